The first-order valence-corrected chi connectivity index (χ1v) is 6.73. The van der Waals surface area contributed by atoms with Gasteiger partial charge in [0.2, 0.25) is 5.91 Å². The topological polar surface area (TPSA) is 58.6 Å². The molecule has 2 amide bonds. The molecule has 1 aliphatic rings. The van der Waals surface area contributed by atoms with Crippen LogP contribution in [0.15, 0.2) is 30.3 Å². The van der Waals surface area contributed by atoms with Gasteiger partial charge in [-0.3, -0.25) is 4.79 Å². The van der Waals surface area contributed by atoms with Crippen LogP contribution in [0.3, 0.4) is 0 Å². The van der Waals surface area contributed by atoms with Gasteiger partial charge in [0.05, 0.1) is 0 Å². The number of carbonyl (C=O) groups excluding carboxylic acids is 2. The van der Waals surface area contributed by atoms with Gasteiger partial charge in [-0.1, -0.05) is 18.2 Å². The Morgan fingerprint density at radius 3 is 2.55 bits per heavy atom. The Bertz CT molecular complexity index is 494. The quantitative estimate of drug-likeness (QED) is 0.901. The Labute approximate surface area is 118 Å². The van der Waals surface area contributed by atoms with Gasteiger partial charge in [-0.05, 0) is 39.3 Å². The normalized spacial score (nSPS) is 19.1. The Kier molecular flexibility index (Phi) is 3.97. The first kappa shape index (κ1) is 14.4. The Hall–Kier alpha value is -2.04. The second-order valence-corrected chi connectivity index (χ2v) is 5.81. The van der Waals surface area contributed by atoms with Crippen LogP contribution >= 0.6 is 0 Å². The van der Waals surface area contributed by atoms with E-state index in [1.165, 1.54) is 0 Å². The highest BCUT2D eigenvalue weighted by Crippen LogP contribution is 2.21. The second kappa shape index (κ2) is 5.53. The van der Waals surface area contributed by atoms with Gasteiger partial charge in [0.25, 0.3) is 0 Å². The summed E-state index contributed by atoms with van der Waals surface area (Å²) >= 11 is 0. The minimum atomic E-state index is -0.565. The SMILES string of the molecule is CC(C)(C)OC(=O)N[C@@H]1CCN(c2ccccc2)C1=O. The van der Waals surface area contributed by atoms with Crippen molar-refractivity contribution in [1.82, 2.24) is 5.32 Å². The molecular formula is C15H20N2O3. The Morgan fingerprint density at radius 2 is 1.95 bits per heavy atom. The summed E-state index contributed by atoms with van der Waals surface area (Å²) in [7, 11) is 0. The highest BCUT2D eigenvalue weighted by molar-refractivity contribution is 6.00. The number of nitrogens with zero attached hydrogens (tertiary/aromatic N) is 1. The van der Waals surface area contributed by atoms with Crippen LogP contribution in [-0.2, 0) is 9.53 Å². The largest absolute Gasteiger partial charge is 0.444 e. The number of amides is 2. The molecule has 1 fully saturated rings. The number of carbonyl (C=O) groups is 2. The fourth-order valence-electron chi connectivity index (χ4n) is 2.13. The van der Waals surface area contributed by atoms with Gasteiger partial charge in [-0.15, -0.1) is 0 Å². The summed E-state index contributed by atoms with van der Waals surface area (Å²) in [6, 6.07) is 8.93. The van der Waals surface area contributed by atoms with Crippen molar-refractivity contribution in [3.8, 4) is 0 Å². The third-order valence-corrected chi connectivity index (χ3v) is 2.96. The number of rotatable bonds is 2. The molecule has 20 heavy (non-hydrogen) atoms. The van der Waals surface area contributed by atoms with Crippen molar-refractivity contribution >= 4 is 17.7 Å². The van der Waals surface area contributed by atoms with E-state index in [0.717, 1.165) is 5.69 Å². The number of hydrogen-bond donors (Lipinski definition) is 1. The molecule has 1 saturated heterocycles. The van der Waals surface area contributed by atoms with Crippen LogP contribution in [0.4, 0.5) is 10.5 Å². The van der Waals surface area contributed by atoms with Crippen molar-refractivity contribution in [2.45, 2.75) is 38.8 Å². The number of ether oxygens (including phenoxy) is 1. The zero-order valence-electron chi connectivity index (χ0n) is 12.1. The molecule has 2 rings (SSSR count). The number of hydrogen-bond acceptors (Lipinski definition) is 3. The van der Waals surface area contributed by atoms with Crippen molar-refractivity contribution in [3.05, 3.63) is 30.3 Å². The zero-order chi connectivity index (χ0) is 14.8. The lowest BCUT2D eigenvalue weighted by Crippen LogP contribution is -2.43. The molecular weight excluding hydrogens is 256 g/mol. The summed E-state index contributed by atoms with van der Waals surface area (Å²) in [5.41, 5.74) is 0.288. The van der Waals surface area contributed by atoms with E-state index in [2.05, 4.69) is 5.32 Å². The molecule has 0 aromatic heterocycles. The lowest BCUT2D eigenvalue weighted by Gasteiger charge is -2.21. The smallest absolute Gasteiger partial charge is 0.408 e. The fourth-order valence-corrected chi connectivity index (χ4v) is 2.13. The molecule has 1 aliphatic heterocycles. The first-order chi connectivity index (χ1) is 9.37. The minimum absolute atomic E-state index is 0.0953. The summed E-state index contributed by atoms with van der Waals surface area (Å²) < 4.78 is 5.17. The maximum atomic E-state index is 12.3. The second-order valence-electron chi connectivity index (χ2n) is 5.81. The molecule has 5 nitrogen and oxygen atoms in total. The van der Waals surface area contributed by atoms with E-state index in [1.54, 1.807) is 25.7 Å². The van der Waals surface area contributed by atoms with Crippen LogP contribution in [-0.4, -0.2) is 30.2 Å². The lowest BCUT2D eigenvalue weighted by molar-refractivity contribution is -0.118. The highest BCUT2D eigenvalue weighted by Gasteiger charge is 2.34. The van der Waals surface area contributed by atoms with Crippen molar-refractivity contribution < 1.29 is 14.3 Å². The van der Waals surface area contributed by atoms with Crippen LogP contribution in [0.2, 0.25) is 0 Å². The molecule has 0 unspecified atom stereocenters. The van der Waals surface area contributed by atoms with Gasteiger partial charge >= 0.3 is 6.09 Å². The van der Waals surface area contributed by atoms with E-state index in [9.17, 15) is 9.59 Å². The Balaban J connectivity index is 1.97. The first-order valence-electron chi connectivity index (χ1n) is 6.73. The molecule has 1 N–H and O–H groups in total. The third-order valence-electron chi connectivity index (χ3n) is 2.96. The molecule has 0 saturated carbocycles. The van der Waals surface area contributed by atoms with Gasteiger partial charge < -0.3 is 15.0 Å². The number of anilines is 1. The van der Waals surface area contributed by atoms with Gasteiger partial charge in [0, 0.05) is 12.2 Å². The third kappa shape index (κ3) is 3.50. The molecule has 0 aliphatic carbocycles. The van der Waals surface area contributed by atoms with Crippen LogP contribution in [0.25, 0.3) is 0 Å². The highest BCUT2D eigenvalue weighted by atomic mass is 16.6. The number of nitrogens with one attached hydrogen (secondary N) is 1. The average Bonchev–Trinajstić information content (AvgIpc) is 2.70. The summed E-state index contributed by atoms with van der Waals surface area (Å²) in [6.07, 6.45) is 0.0400. The van der Waals surface area contributed by atoms with Crippen molar-refractivity contribution in [1.29, 1.82) is 0 Å². The number of benzene rings is 1. The van der Waals surface area contributed by atoms with E-state index in [0.29, 0.717) is 13.0 Å². The molecule has 0 radical (unpaired) electrons. The van der Waals surface area contributed by atoms with Crippen LogP contribution < -0.4 is 10.2 Å². The average molecular weight is 276 g/mol. The van der Waals surface area contributed by atoms with Crippen LogP contribution in [0.1, 0.15) is 27.2 Å². The predicted molar refractivity (Wildman–Crippen MR) is 76.6 cm³/mol. The maximum absolute atomic E-state index is 12.3. The monoisotopic (exact) mass is 276 g/mol. The standard InChI is InChI=1S/C15H20N2O3/c1-15(2,3)20-14(19)16-12-9-10-17(13(12)18)11-7-5-4-6-8-11/h4-8,12H,9-10H2,1-3H3,(H,16,19)/t12-/m1/s1. The van der Waals surface area contributed by atoms with E-state index < -0.39 is 17.7 Å². The van der Waals surface area contributed by atoms with E-state index in [-0.39, 0.29) is 5.91 Å². The van der Waals surface area contributed by atoms with Crippen LogP contribution in [0.5, 0.6) is 0 Å². The van der Waals surface area contributed by atoms with Crippen LogP contribution in [0, 0.1) is 0 Å². The molecule has 0 spiro atoms. The van der Waals surface area contributed by atoms with E-state index in [4.69, 9.17) is 4.74 Å². The van der Waals surface area contributed by atoms with Crippen molar-refractivity contribution in [3.63, 3.8) is 0 Å². The van der Waals surface area contributed by atoms with Gasteiger partial charge in [0.15, 0.2) is 0 Å². The van der Waals surface area contributed by atoms with Gasteiger partial charge in [0.1, 0.15) is 11.6 Å². The van der Waals surface area contributed by atoms with Gasteiger partial charge in [-0.2, -0.15) is 0 Å². The summed E-state index contributed by atoms with van der Waals surface area (Å²) in [5, 5.41) is 2.63. The molecule has 1 aromatic carbocycles. The maximum Gasteiger partial charge on any atom is 0.408 e. The molecule has 0 bridgehead atoms. The molecule has 1 atom stereocenters. The van der Waals surface area contributed by atoms with E-state index in [1.807, 2.05) is 30.3 Å². The summed E-state index contributed by atoms with van der Waals surface area (Å²) in [5.74, 6) is -0.0953. The summed E-state index contributed by atoms with van der Waals surface area (Å²) in [6.45, 7) is 5.97. The number of para-hydroxylation sites is 1. The molecule has 108 valence electrons. The molecule has 1 heterocycles. The van der Waals surface area contributed by atoms with Crippen molar-refractivity contribution in [2.75, 3.05) is 11.4 Å². The predicted octanol–water partition coefficient (Wildman–Crippen LogP) is 2.32. The van der Waals surface area contributed by atoms with E-state index >= 15 is 0 Å². The number of alkyl carbamates (subject to hydrolysis) is 1. The zero-order valence-corrected chi connectivity index (χ0v) is 12.1. The Morgan fingerprint density at radius 1 is 1.30 bits per heavy atom. The summed E-state index contributed by atoms with van der Waals surface area (Å²) in [4.78, 5) is 25.6. The van der Waals surface area contributed by atoms with Crippen molar-refractivity contribution in [2.24, 2.45) is 0 Å². The van der Waals surface area contributed by atoms with Gasteiger partial charge in [-0.25, -0.2) is 4.79 Å². The molecule has 5 heteroatoms. The minimum Gasteiger partial charge on any atom is -0.444 e. The lowest BCUT2D eigenvalue weighted by atomic mass is 10.2. The fraction of sp³-hybridized carbons (Fsp3) is 0.467. The molecule has 1 aromatic rings.